The van der Waals surface area contributed by atoms with Gasteiger partial charge in [-0.25, -0.2) is 0 Å². The highest BCUT2D eigenvalue weighted by Crippen LogP contribution is 2.20. The molecule has 3 N–H and O–H groups in total. The van der Waals surface area contributed by atoms with Crippen molar-refractivity contribution in [2.45, 2.75) is 26.8 Å². The maximum Gasteiger partial charge on any atom is 0.257 e. The molecule has 21 heavy (non-hydrogen) atoms. The van der Waals surface area contributed by atoms with Gasteiger partial charge in [0.2, 0.25) is 5.91 Å². The zero-order valence-corrected chi connectivity index (χ0v) is 12.5. The summed E-state index contributed by atoms with van der Waals surface area (Å²) in [7, 11) is 0. The van der Waals surface area contributed by atoms with E-state index in [1.165, 1.54) is 0 Å². The molecule has 2 rings (SSSR count). The zero-order valence-electron chi connectivity index (χ0n) is 12.5. The predicted molar refractivity (Wildman–Crippen MR) is 79.1 cm³/mol. The number of nitrogens with two attached hydrogens (primary N) is 1. The first-order valence-corrected chi connectivity index (χ1v) is 6.84. The summed E-state index contributed by atoms with van der Waals surface area (Å²) in [4.78, 5) is 16.4. The van der Waals surface area contributed by atoms with E-state index >= 15 is 0 Å². The first-order valence-electron chi connectivity index (χ1n) is 6.84. The Morgan fingerprint density at radius 1 is 1.38 bits per heavy atom. The Morgan fingerprint density at radius 2 is 2.05 bits per heavy atom. The Labute approximate surface area is 123 Å². The van der Waals surface area contributed by atoms with E-state index in [1.54, 1.807) is 13.8 Å². The van der Waals surface area contributed by atoms with Crippen LogP contribution in [0.5, 0.6) is 0 Å². The number of amides is 1. The van der Waals surface area contributed by atoms with Gasteiger partial charge in [-0.2, -0.15) is 4.98 Å². The molecular formula is C15H20N4O2. The Kier molecular flexibility index (Phi) is 4.37. The number of carbonyl (C=O) groups excluding carboxylic acids is 1. The van der Waals surface area contributed by atoms with Gasteiger partial charge in [-0.1, -0.05) is 23.4 Å². The van der Waals surface area contributed by atoms with Gasteiger partial charge >= 0.3 is 0 Å². The van der Waals surface area contributed by atoms with Gasteiger partial charge in [0.1, 0.15) is 0 Å². The van der Waals surface area contributed by atoms with E-state index in [2.05, 4.69) is 15.5 Å². The van der Waals surface area contributed by atoms with Gasteiger partial charge in [-0.05, 0) is 32.9 Å². The molecule has 1 atom stereocenters. The van der Waals surface area contributed by atoms with Crippen molar-refractivity contribution in [1.29, 1.82) is 0 Å². The van der Waals surface area contributed by atoms with Gasteiger partial charge in [-0.15, -0.1) is 0 Å². The summed E-state index contributed by atoms with van der Waals surface area (Å²) in [6.45, 7) is 5.67. The quantitative estimate of drug-likeness (QED) is 0.876. The molecule has 112 valence electrons. The summed E-state index contributed by atoms with van der Waals surface area (Å²) in [6.07, 6.45) is 0. The van der Waals surface area contributed by atoms with Crippen molar-refractivity contribution in [2.75, 3.05) is 6.54 Å². The Hall–Kier alpha value is -2.21. The molecule has 0 aliphatic heterocycles. The summed E-state index contributed by atoms with van der Waals surface area (Å²) >= 11 is 0. The van der Waals surface area contributed by atoms with Crippen LogP contribution in [0.25, 0.3) is 11.5 Å². The zero-order chi connectivity index (χ0) is 15.5. The molecule has 1 heterocycles. The number of rotatable bonds is 5. The van der Waals surface area contributed by atoms with Crippen LogP contribution in [-0.4, -0.2) is 22.6 Å². The predicted octanol–water partition coefficient (Wildman–Crippen LogP) is 1.90. The van der Waals surface area contributed by atoms with Crippen LogP contribution in [0.4, 0.5) is 0 Å². The molecule has 1 aromatic carbocycles. The van der Waals surface area contributed by atoms with E-state index < -0.39 is 5.41 Å². The topological polar surface area (TPSA) is 94.0 Å². The van der Waals surface area contributed by atoms with Crippen molar-refractivity contribution in [2.24, 2.45) is 11.1 Å². The van der Waals surface area contributed by atoms with Crippen molar-refractivity contribution < 1.29 is 9.32 Å². The number of benzene rings is 1. The van der Waals surface area contributed by atoms with Gasteiger partial charge in [0, 0.05) is 12.1 Å². The smallest absolute Gasteiger partial charge is 0.257 e. The lowest BCUT2D eigenvalue weighted by Crippen LogP contribution is -2.42. The van der Waals surface area contributed by atoms with Crippen molar-refractivity contribution in [3.63, 3.8) is 0 Å². The third-order valence-corrected chi connectivity index (χ3v) is 3.32. The standard InChI is InChI=1S/C15H20N4O2/c1-10(17-14(20)15(2,3)9-16)12-18-13(21-19-12)11-7-5-4-6-8-11/h4-8,10H,9,16H2,1-3H3,(H,17,20). The molecule has 0 bridgehead atoms. The Morgan fingerprint density at radius 3 is 2.67 bits per heavy atom. The molecular weight excluding hydrogens is 268 g/mol. The molecule has 0 fully saturated rings. The van der Waals surface area contributed by atoms with E-state index in [9.17, 15) is 4.79 Å². The van der Waals surface area contributed by atoms with E-state index in [0.717, 1.165) is 5.56 Å². The highest BCUT2D eigenvalue weighted by atomic mass is 16.5. The molecule has 2 aromatic rings. The number of aromatic nitrogens is 2. The molecule has 0 aliphatic carbocycles. The Balaban J connectivity index is 2.10. The van der Waals surface area contributed by atoms with E-state index in [-0.39, 0.29) is 18.5 Å². The highest BCUT2D eigenvalue weighted by Gasteiger charge is 2.28. The molecule has 6 nitrogen and oxygen atoms in total. The van der Waals surface area contributed by atoms with Crippen LogP contribution >= 0.6 is 0 Å². The average Bonchev–Trinajstić information content (AvgIpc) is 2.98. The number of hydrogen-bond donors (Lipinski definition) is 2. The first kappa shape index (κ1) is 15.2. The Bertz CT molecular complexity index is 607. The van der Waals surface area contributed by atoms with Crippen LogP contribution in [0.3, 0.4) is 0 Å². The summed E-state index contributed by atoms with van der Waals surface area (Å²) in [5, 5.41) is 6.77. The minimum atomic E-state index is -0.625. The van der Waals surface area contributed by atoms with Crippen LogP contribution in [0.15, 0.2) is 34.9 Å². The van der Waals surface area contributed by atoms with Crippen LogP contribution in [0.1, 0.15) is 32.6 Å². The van der Waals surface area contributed by atoms with Crippen molar-refractivity contribution >= 4 is 5.91 Å². The monoisotopic (exact) mass is 288 g/mol. The SMILES string of the molecule is CC(NC(=O)C(C)(C)CN)c1noc(-c2ccccc2)n1. The van der Waals surface area contributed by atoms with Gasteiger partial charge in [0.25, 0.3) is 5.89 Å². The van der Waals surface area contributed by atoms with Gasteiger partial charge < -0.3 is 15.6 Å². The number of hydrogen-bond acceptors (Lipinski definition) is 5. The van der Waals surface area contributed by atoms with E-state index in [0.29, 0.717) is 11.7 Å². The maximum absolute atomic E-state index is 12.1. The molecule has 1 unspecified atom stereocenters. The molecule has 0 saturated carbocycles. The fourth-order valence-corrected chi connectivity index (χ4v) is 1.66. The maximum atomic E-state index is 12.1. The van der Waals surface area contributed by atoms with Gasteiger partial charge in [-0.3, -0.25) is 4.79 Å². The lowest BCUT2D eigenvalue weighted by molar-refractivity contribution is -0.129. The summed E-state index contributed by atoms with van der Waals surface area (Å²) in [5.41, 5.74) is 5.81. The van der Waals surface area contributed by atoms with Gasteiger partial charge in [0.05, 0.1) is 11.5 Å². The number of carbonyl (C=O) groups is 1. The second-order valence-corrected chi connectivity index (χ2v) is 5.61. The van der Waals surface area contributed by atoms with Crippen LogP contribution in [-0.2, 0) is 4.79 Å². The summed E-state index contributed by atoms with van der Waals surface area (Å²) in [6, 6.07) is 9.14. The van der Waals surface area contributed by atoms with Crippen LogP contribution in [0, 0.1) is 5.41 Å². The summed E-state index contributed by atoms with van der Waals surface area (Å²) < 4.78 is 5.23. The van der Waals surface area contributed by atoms with Crippen LogP contribution in [0.2, 0.25) is 0 Å². The normalized spacial score (nSPS) is 13.0. The minimum Gasteiger partial charge on any atom is -0.346 e. The highest BCUT2D eigenvalue weighted by molar-refractivity contribution is 5.82. The second-order valence-electron chi connectivity index (χ2n) is 5.61. The van der Waals surface area contributed by atoms with Gasteiger partial charge in [0.15, 0.2) is 5.82 Å². The van der Waals surface area contributed by atoms with Crippen molar-refractivity contribution in [3.05, 3.63) is 36.2 Å². The minimum absolute atomic E-state index is 0.136. The molecule has 6 heteroatoms. The second kappa shape index (κ2) is 6.05. The third kappa shape index (κ3) is 3.46. The lowest BCUT2D eigenvalue weighted by atomic mass is 9.92. The molecule has 0 spiro atoms. The van der Waals surface area contributed by atoms with Crippen molar-refractivity contribution in [3.8, 4) is 11.5 Å². The van der Waals surface area contributed by atoms with E-state index in [4.69, 9.17) is 10.3 Å². The van der Waals surface area contributed by atoms with Crippen molar-refractivity contribution in [1.82, 2.24) is 15.5 Å². The first-order chi connectivity index (χ1) is 9.94. The van der Waals surface area contributed by atoms with E-state index in [1.807, 2.05) is 37.3 Å². The van der Waals surface area contributed by atoms with Crippen LogP contribution < -0.4 is 11.1 Å². The fraction of sp³-hybridized carbons (Fsp3) is 0.400. The third-order valence-electron chi connectivity index (χ3n) is 3.32. The molecule has 1 amide bonds. The molecule has 0 aliphatic rings. The average molecular weight is 288 g/mol. The lowest BCUT2D eigenvalue weighted by Gasteiger charge is -2.23. The summed E-state index contributed by atoms with van der Waals surface area (Å²) in [5.74, 6) is 0.739. The number of nitrogens with one attached hydrogen (secondary N) is 1. The number of nitrogens with zero attached hydrogens (tertiary/aromatic N) is 2. The molecule has 0 saturated heterocycles. The molecule has 0 radical (unpaired) electrons. The largest absolute Gasteiger partial charge is 0.346 e. The fourth-order valence-electron chi connectivity index (χ4n) is 1.66. The molecule has 1 aromatic heterocycles.